The van der Waals surface area contributed by atoms with Gasteiger partial charge in [0, 0.05) is 36.9 Å². The highest BCUT2D eigenvalue weighted by atomic mass is 32.1. The summed E-state index contributed by atoms with van der Waals surface area (Å²) >= 11 is 1.52. The van der Waals surface area contributed by atoms with Crippen molar-refractivity contribution in [1.82, 2.24) is 20.1 Å². The Hall–Kier alpha value is -2.78. The maximum absolute atomic E-state index is 13.4. The molecule has 2 amide bonds. The van der Waals surface area contributed by atoms with Gasteiger partial charge in [-0.05, 0) is 64.5 Å². The molecular weight excluding hydrogens is 438 g/mol. The number of ether oxygens (including phenoxy) is 1. The average molecular weight is 470 g/mol. The van der Waals surface area contributed by atoms with Crippen LogP contribution < -0.4 is 10.6 Å². The van der Waals surface area contributed by atoms with E-state index in [-0.39, 0.29) is 17.9 Å². The SMILES string of the molecule is COCCCNC(=O)c1c(NC(=O)c2cc(C)nc3c2cnn3C(C)C)sc2c1CCCC2. The van der Waals surface area contributed by atoms with Crippen molar-refractivity contribution in [2.75, 3.05) is 25.6 Å². The number of carbonyl (C=O) groups is 2. The molecule has 176 valence electrons. The molecule has 3 aromatic rings. The highest BCUT2D eigenvalue weighted by Gasteiger charge is 2.27. The summed E-state index contributed by atoms with van der Waals surface area (Å²) in [6, 6.07) is 1.91. The number of nitrogens with zero attached hydrogens (tertiary/aromatic N) is 3. The van der Waals surface area contributed by atoms with Gasteiger partial charge in [0.15, 0.2) is 5.65 Å². The van der Waals surface area contributed by atoms with Gasteiger partial charge >= 0.3 is 0 Å². The largest absolute Gasteiger partial charge is 0.385 e. The summed E-state index contributed by atoms with van der Waals surface area (Å²) in [7, 11) is 1.65. The zero-order valence-electron chi connectivity index (χ0n) is 19.7. The third-order valence-corrected chi connectivity index (χ3v) is 7.07. The van der Waals surface area contributed by atoms with Crippen LogP contribution >= 0.6 is 11.3 Å². The Morgan fingerprint density at radius 3 is 2.79 bits per heavy atom. The smallest absolute Gasteiger partial charge is 0.257 e. The number of amides is 2. The van der Waals surface area contributed by atoms with E-state index in [1.807, 2.05) is 25.5 Å². The van der Waals surface area contributed by atoms with Crippen LogP contribution in [0.2, 0.25) is 0 Å². The minimum Gasteiger partial charge on any atom is -0.385 e. The molecule has 4 rings (SSSR count). The van der Waals surface area contributed by atoms with Gasteiger partial charge in [0.25, 0.3) is 11.8 Å². The lowest BCUT2D eigenvalue weighted by Crippen LogP contribution is -2.27. The number of pyridine rings is 1. The fourth-order valence-corrected chi connectivity index (χ4v) is 5.56. The highest BCUT2D eigenvalue weighted by molar-refractivity contribution is 7.17. The molecular formula is C24H31N5O3S. The molecule has 2 N–H and O–H groups in total. The van der Waals surface area contributed by atoms with Crippen molar-refractivity contribution >= 4 is 39.2 Å². The van der Waals surface area contributed by atoms with E-state index >= 15 is 0 Å². The number of hydrogen-bond acceptors (Lipinski definition) is 6. The molecule has 3 heterocycles. The summed E-state index contributed by atoms with van der Waals surface area (Å²) in [6.45, 7) is 7.06. The Morgan fingerprint density at radius 1 is 1.24 bits per heavy atom. The number of nitrogens with one attached hydrogen (secondary N) is 2. The molecule has 0 saturated heterocycles. The molecule has 0 spiro atoms. The standard InChI is InChI=1S/C24H31N5O3S/c1-14(2)29-21-18(13-26-29)17(12-15(3)27-21)22(30)28-24-20(23(31)25-10-7-11-32-4)16-8-5-6-9-19(16)33-24/h12-14H,5-11H2,1-4H3,(H,25,31)(H,28,30). The Morgan fingerprint density at radius 2 is 2.03 bits per heavy atom. The number of fused-ring (bicyclic) bond motifs is 2. The lowest BCUT2D eigenvalue weighted by molar-refractivity contribution is 0.0948. The predicted molar refractivity (Wildman–Crippen MR) is 130 cm³/mol. The van der Waals surface area contributed by atoms with Crippen LogP contribution in [0.3, 0.4) is 0 Å². The first-order chi connectivity index (χ1) is 15.9. The lowest BCUT2D eigenvalue weighted by atomic mass is 9.95. The molecule has 0 radical (unpaired) electrons. The molecule has 9 heteroatoms. The average Bonchev–Trinajstić information content (AvgIpc) is 3.37. The number of anilines is 1. The first kappa shape index (κ1) is 23.4. The molecule has 0 aromatic carbocycles. The molecule has 8 nitrogen and oxygen atoms in total. The van der Waals surface area contributed by atoms with Gasteiger partial charge in [0.05, 0.1) is 22.7 Å². The van der Waals surface area contributed by atoms with Gasteiger partial charge in [-0.3, -0.25) is 9.59 Å². The quantitative estimate of drug-likeness (QED) is 0.480. The second-order valence-electron chi connectivity index (χ2n) is 8.70. The monoisotopic (exact) mass is 469 g/mol. The van der Waals surface area contributed by atoms with Crippen molar-refractivity contribution in [2.45, 2.75) is 58.9 Å². The zero-order valence-corrected chi connectivity index (χ0v) is 20.5. The van der Waals surface area contributed by atoms with E-state index in [1.165, 1.54) is 16.2 Å². The van der Waals surface area contributed by atoms with Crippen molar-refractivity contribution in [3.63, 3.8) is 0 Å². The van der Waals surface area contributed by atoms with Crippen LogP contribution in [0.5, 0.6) is 0 Å². The molecule has 33 heavy (non-hydrogen) atoms. The molecule has 0 atom stereocenters. The van der Waals surface area contributed by atoms with Crippen molar-refractivity contribution < 1.29 is 14.3 Å². The number of thiophene rings is 1. The molecule has 0 bridgehead atoms. The number of aryl methyl sites for hydroxylation is 2. The second kappa shape index (κ2) is 10.0. The third kappa shape index (κ3) is 4.79. The molecule has 0 aliphatic heterocycles. The maximum Gasteiger partial charge on any atom is 0.257 e. The minimum absolute atomic E-state index is 0.130. The Balaban J connectivity index is 1.66. The van der Waals surface area contributed by atoms with E-state index in [9.17, 15) is 9.59 Å². The van der Waals surface area contributed by atoms with Crippen molar-refractivity contribution in [3.05, 3.63) is 39.5 Å². The van der Waals surface area contributed by atoms with E-state index in [1.54, 1.807) is 19.4 Å². The van der Waals surface area contributed by atoms with Gasteiger partial charge in [-0.2, -0.15) is 5.10 Å². The second-order valence-corrected chi connectivity index (χ2v) is 9.81. The van der Waals surface area contributed by atoms with E-state index < -0.39 is 0 Å². The number of hydrogen-bond donors (Lipinski definition) is 2. The van der Waals surface area contributed by atoms with Gasteiger partial charge in [0.2, 0.25) is 0 Å². The van der Waals surface area contributed by atoms with Crippen LogP contribution in [0.1, 0.15) is 76.0 Å². The number of methoxy groups -OCH3 is 1. The van der Waals surface area contributed by atoms with Gasteiger partial charge in [-0.1, -0.05) is 0 Å². The Bertz CT molecular complexity index is 1180. The number of aromatic nitrogens is 3. The van der Waals surface area contributed by atoms with Crippen LogP contribution in [-0.4, -0.2) is 46.8 Å². The summed E-state index contributed by atoms with van der Waals surface area (Å²) in [5, 5.41) is 11.8. The molecule has 0 fully saturated rings. The normalized spacial score (nSPS) is 13.4. The van der Waals surface area contributed by atoms with Gasteiger partial charge in [-0.25, -0.2) is 9.67 Å². The minimum atomic E-state index is -0.249. The lowest BCUT2D eigenvalue weighted by Gasteiger charge is -2.13. The van der Waals surface area contributed by atoms with E-state index in [4.69, 9.17) is 4.74 Å². The van der Waals surface area contributed by atoms with Crippen LogP contribution in [0.25, 0.3) is 11.0 Å². The molecule has 1 aliphatic rings. The van der Waals surface area contributed by atoms with Crippen LogP contribution in [-0.2, 0) is 17.6 Å². The van der Waals surface area contributed by atoms with Gasteiger partial charge in [0.1, 0.15) is 5.00 Å². The number of rotatable bonds is 8. The first-order valence-corrected chi connectivity index (χ1v) is 12.3. The van der Waals surface area contributed by atoms with E-state index in [2.05, 4.69) is 20.7 Å². The van der Waals surface area contributed by atoms with E-state index in [0.29, 0.717) is 40.3 Å². The topological polar surface area (TPSA) is 98.1 Å². The summed E-state index contributed by atoms with van der Waals surface area (Å²) in [5.41, 5.74) is 3.64. The summed E-state index contributed by atoms with van der Waals surface area (Å²) in [6.07, 6.45) is 6.40. The zero-order chi connectivity index (χ0) is 23.5. The van der Waals surface area contributed by atoms with Crippen LogP contribution in [0.15, 0.2) is 12.3 Å². The van der Waals surface area contributed by atoms with Crippen molar-refractivity contribution in [1.29, 1.82) is 0 Å². The fourth-order valence-electron chi connectivity index (χ4n) is 4.28. The highest BCUT2D eigenvalue weighted by Crippen LogP contribution is 2.38. The summed E-state index contributed by atoms with van der Waals surface area (Å²) in [4.78, 5) is 32.3. The Kier molecular flexibility index (Phi) is 7.09. The summed E-state index contributed by atoms with van der Waals surface area (Å²) < 4.78 is 6.89. The molecule has 0 unspecified atom stereocenters. The molecule has 0 saturated carbocycles. The fraction of sp³-hybridized carbons (Fsp3) is 0.500. The Labute approximate surface area is 197 Å². The summed E-state index contributed by atoms with van der Waals surface area (Å²) in [5.74, 6) is -0.384. The van der Waals surface area contributed by atoms with Gasteiger partial charge in [-0.15, -0.1) is 11.3 Å². The van der Waals surface area contributed by atoms with Crippen molar-refractivity contribution in [2.24, 2.45) is 0 Å². The van der Waals surface area contributed by atoms with Crippen LogP contribution in [0, 0.1) is 6.92 Å². The van der Waals surface area contributed by atoms with Crippen LogP contribution in [0.4, 0.5) is 5.00 Å². The van der Waals surface area contributed by atoms with Crippen molar-refractivity contribution in [3.8, 4) is 0 Å². The van der Waals surface area contributed by atoms with E-state index in [0.717, 1.165) is 43.4 Å². The molecule has 3 aromatic heterocycles. The first-order valence-electron chi connectivity index (χ1n) is 11.5. The molecule has 1 aliphatic carbocycles. The predicted octanol–water partition coefficient (Wildman–Crippen LogP) is 4.28. The maximum atomic E-state index is 13.4. The van der Waals surface area contributed by atoms with Gasteiger partial charge < -0.3 is 15.4 Å². The number of carbonyl (C=O) groups excluding carboxylic acids is 2. The third-order valence-electron chi connectivity index (χ3n) is 5.86.